The molecule has 1 aromatic rings. The first kappa shape index (κ1) is 9.16. The van der Waals surface area contributed by atoms with Crippen LogP contribution in [-0.2, 0) is 6.54 Å². The summed E-state index contributed by atoms with van der Waals surface area (Å²) in [4.78, 5) is 3.91. The van der Waals surface area contributed by atoms with Crippen LogP contribution in [0.1, 0.15) is 12.5 Å². The summed E-state index contributed by atoms with van der Waals surface area (Å²) >= 11 is 0. The quantitative estimate of drug-likeness (QED) is 0.686. The van der Waals surface area contributed by atoms with Crippen molar-refractivity contribution in [2.45, 2.75) is 19.6 Å². The molecule has 3 nitrogen and oxygen atoms in total. The third-order valence-corrected chi connectivity index (χ3v) is 1.52. The Balaban J connectivity index is 2.25. The summed E-state index contributed by atoms with van der Waals surface area (Å²) in [7, 11) is 0. The predicted octanol–water partition coefficient (Wildman–Crippen LogP) is 0.552. The van der Waals surface area contributed by atoms with Gasteiger partial charge in [0.2, 0.25) is 0 Å². The minimum atomic E-state index is -0.285. The van der Waals surface area contributed by atoms with E-state index < -0.39 is 0 Å². The van der Waals surface area contributed by atoms with Crippen LogP contribution in [0, 0.1) is 0 Å². The van der Waals surface area contributed by atoms with Gasteiger partial charge in [0, 0.05) is 25.5 Å². The number of pyridine rings is 1. The van der Waals surface area contributed by atoms with Crippen LogP contribution in [-0.4, -0.2) is 22.7 Å². The number of hydrogen-bond acceptors (Lipinski definition) is 3. The fraction of sp³-hybridized carbons (Fsp3) is 0.444. The van der Waals surface area contributed by atoms with E-state index in [0.29, 0.717) is 6.54 Å². The molecule has 0 aliphatic carbocycles. The standard InChI is InChI=1S/C9H14N2O/c1-8(12)6-11-7-9-2-4-10-5-3-9/h2-5,8,11-12H,6-7H2,1H3. The van der Waals surface area contributed by atoms with Crippen LogP contribution in [0.25, 0.3) is 0 Å². The van der Waals surface area contributed by atoms with Gasteiger partial charge in [-0.3, -0.25) is 4.98 Å². The van der Waals surface area contributed by atoms with E-state index >= 15 is 0 Å². The van der Waals surface area contributed by atoms with E-state index in [1.807, 2.05) is 12.1 Å². The molecule has 1 atom stereocenters. The highest BCUT2D eigenvalue weighted by molar-refractivity contribution is 5.08. The average Bonchev–Trinajstić information content (AvgIpc) is 2.05. The van der Waals surface area contributed by atoms with Gasteiger partial charge < -0.3 is 10.4 Å². The van der Waals surface area contributed by atoms with Gasteiger partial charge in [-0.25, -0.2) is 0 Å². The number of hydrogen-bond donors (Lipinski definition) is 2. The van der Waals surface area contributed by atoms with Crippen molar-refractivity contribution in [1.29, 1.82) is 0 Å². The molecule has 0 aromatic carbocycles. The molecule has 1 heterocycles. The molecular formula is C9H14N2O. The average molecular weight is 166 g/mol. The molecule has 1 aromatic heterocycles. The fourth-order valence-corrected chi connectivity index (χ4v) is 0.926. The minimum Gasteiger partial charge on any atom is -0.392 e. The third-order valence-electron chi connectivity index (χ3n) is 1.52. The number of aromatic nitrogens is 1. The molecule has 1 rings (SSSR count). The van der Waals surface area contributed by atoms with Crippen LogP contribution >= 0.6 is 0 Å². The van der Waals surface area contributed by atoms with Crippen LogP contribution in [0.5, 0.6) is 0 Å². The number of aliphatic hydroxyl groups is 1. The number of nitrogens with one attached hydrogen (secondary N) is 1. The monoisotopic (exact) mass is 166 g/mol. The molecule has 12 heavy (non-hydrogen) atoms. The van der Waals surface area contributed by atoms with Crippen molar-refractivity contribution < 1.29 is 5.11 Å². The fourth-order valence-electron chi connectivity index (χ4n) is 0.926. The second kappa shape index (κ2) is 4.85. The van der Waals surface area contributed by atoms with Gasteiger partial charge in [-0.1, -0.05) is 0 Å². The van der Waals surface area contributed by atoms with Crippen LogP contribution in [0.4, 0.5) is 0 Å². The largest absolute Gasteiger partial charge is 0.392 e. The van der Waals surface area contributed by atoms with Gasteiger partial charge in [-0.15, -0.1) is 0 Å². The van der Waals surface area contributed by atoms with Crippen molar-refractivity contribution in [2.75, 3.05) is 6.54 Å². The molecule has 0 spiro atoms. The van der Waals surface area contributed by atoms with Crippen LogP contribution in [0.15, 0.2) is 24.5 Å². The van der Waals surface area contributed by atoms with E-state index in [0.717, 1.165) is 6.54 Å². The molecule has 1 unspecified atom stereocenters. The summed E-state index contributed by atoms with van der Waals surface area (Å²) in [6.45, 7) is 3.18. The van der Waals surface area contributed by atoms with Gasteiger partial charge in [0.25, 0.3) is 0 Å². The number of nitrogens with zero attached hydrogens (tertiary/aromatic N) is 1. The Bertz CT molecular complexity index is 211. The van der Waals surface area contributed by atoms with E-state index in [4.69, 9.17) is 5.11 Å². The molecule has 0 aliphatic heterocycles. The van der Waals surface area contributed by atoms with Gasteiger partial charge in [0.15, 0.2) is 0 Å². The van der Waals surface area contributed by atoms with E-state index in [2.05, 4.69) is 10.3 Å². The Morgan fingerprint density at radius 3 is 2.75 bits per heavy atom. The highest BCUT2D eigenvalue weighted by Gasteiger charge is 1.94. The van der Waals surface area contributed by atoms with Gasteiger partial charge >= 0.3 is 0 Å². The summed E-state index contributed by atoms with van der Waals surface area (Å²) < 4.78 is 0. The first-order valence-corrected chi connectivity index (χ1v) is 4.06. The lowest BCUT2D eigenvalue weighted by molar-refractivity contribution is 0.191. The maximum absolute atomic E-state index is 8.96. The van der Waals surface area contributed by atoms with Gasteiger partial charge in [0.1, 0.15) is 0 Å². The molecule has 3 heteroatoms. The van der Waals surface area contributed by atoms with Crippen molar-refractivity contribution in [3.63, 3.8) is 0 Å². The summed E-state index contributed by atoms with van der Waals surface area (Å²) in [5.41, 5.74) is 1.19. The van der Waals surface area contributed by atoms with Crippen LogP contribution in [0.2, 0.25) is 0 Å². The van der Waals surface area contributed by atoms with E-state index in [1.54, 1.807) is 19.3 Å². The number of aliphatic hydroxyl groups excluding tert-OH is 1. The van der Waals surface area contributed by atoms with Crippen LogP contribution in [0.3, 0.4) is 0 Å². The lowest BCUT2D eigenvalue weighted by Crippen LogP contribution is -2.23. The van der Waals surface area contributed by atoms with E-state index in [1.165, 1.54) is 5.56 Å². The Hall–Kier alpha value is -0.930. The van der Waals surface area contributed by atoms with Gasteiger partial charge in [-0.2, -0.15) is 0 Å². The second-order valence-electron chi connectivity index (χ2n) is 2.84. The van der Waals surface area contributed by atoms with Gasteiger partial charge in [0.05, 0.1) is 6.10 Å². The zero-order valence-electron chi connectivity index (χ0n) is 7.20. The zero-order valence-corrected chi connectivity index (χ0v) is 7.20. The minimum absolute atomic E-state index is 0.285. The maximum atomic E-state index is 8.96. The summed E-state index contributed by atoms with van der Waals surface area (Å²) in [6, 6.07) is 3.91. The summed E-state index contributed by atoms with van der Waals surface area (Å²) in [5, 5.41) is 12.1. The van der Waals surface area contributed by atoms with Crippen molar-refractivity contribution in [3.8, 4) is 0 Å². The van der Waals surface area contributed by atoms with Crippen LogP contribution < -0.4 is 5.32 Å². The molecule has 0 radical (unpaired) electrons. The SMILES string of the molecule is CC(O)CNCc1ccncc1. The predicted molar refractivity (Wildman–Crippen MR) is 47.6 cm³/mol. The number of rotatable bonds is 4. The molecule has 0 fully saturated rings. The second-order valence-corrected chi connectivity index (χ2v) is 2.84. The summed E-state index contributed by atoms with van der Waals surface area (Å²) in [5.74, 6) is 0. The molecule has 0 amide bonds. The molecule has 0 saturated carbocycles. The Kier molecular flexibility index (Phi) is 3.70. The molecular weight excluding hydrogens is 152 g/mol. The Morgan fingerprint density at radius 1 is 1.50 bits per heavy atom. The normalized spacial score (nSPS) is 12.8. The van der Waals surface area contributed by atoms with E-state index in [9.17, 15) is 0 Å². The molecule has 0 bridgehead atoms. The Labute approximate surface area is 72.5 Å². The lowest BCUT2D eigenvalue weighted by Gasteiger charge is -2.05. The highest BCUT2D eigenvalue weighted by atomic mass is 16.3. The van der Waals surface area contributed by atoms with Gasteiger partial charge in [-0.05, 0) is 24.6 Å². The summed E-state index contributed by atoms with van der Waals surface area (Å²) in [6.07, 6.45) is 3.24. The third kappa shape index (κ3) is 3.46. The topological polar surface area (TPSA) is 45.1 Å². The molecule has 0 saturated heterocycles. The Morgan fingerprint density at radius 2 is 2.17 bits per heavy atom. The first-order valence-electron chi connectivity index (χ1n) is 4.06. The van der Waals surface area contributed by atoms with Crippen molar-refractivity contribution in [1.82, 2.24) is 10.3 Å². The smallest absolute Gasteiger partial charge is 0.0636 e. The van der Waals surface area contributed by atoms with E-state index in [-0.39, 0.29) is 6.10 Å². The molecule has 66 valence electrons. The zero-order chi connectivity index (χ0) is 8.81. The van der Waals surface area contributed by atoms with Crippen molar-refractivity contribution in [3.05, 3.63) is 30.1 Å². The first-order chi connectivity index (χ1) is 5.79. The molecule has 2 N–H and O–H groups in total. The lowest BCUT2D eigenvalue weighted by atomic mass is 10.2. The van der Waals surface area contributed by atoms with Crippen molar-refractivity contribution >= 4 is 0 Å². The molecule has 0 aliphatic rings. The highest BCUT2D eigenvalue weighted by Crippen LogP contribution is 1.94. The van der Waals surface area contributed by atoms with Crippen molar-refractivity contribution in [2.24, 2.45) is 0 Å². The maximum Gasteiger partial charge on any atom is 0.0636 e.